The molecule has 2 heteroatoms. The Hall–Kier alpha value is -0.920. The van der Waals surface area contributed by atoms with E-state index in [-0.39, 0.29) is 0 Å². The van der Waals surface area contributed by atoms with Gasteiger partial charge in [0, 0.05) is 0 Å². The number of nitrogens with two attached hydrogens (primary N) is 2. The van der Waals surface area contributed by atoms with Crippen LogP contribution in [0.5, 0.6) is 0 Å². The Bertz CT molecular complexity index is 65.6. The van der Waals surface area contributed by atoms with Crippen molar-refractivity contribution in [3.05, 3.63) is 24.6 Å². The Morgan fingerprint density at radius 1 is 0.909 bits per heavy atom. The highest BCUT2D eigenvalue weighted by Gasteiger charge is 1.48. The average Bonchev–Trinajstić information content (AvgIpc) is 2.06. The highest BCUT2D eigenvalue weighted by molar-refractivity contribution is 4.97. The molecule has 0 aliphatic rings. The van der Waals surface area contributed by atoms with Gasteiger partial charge in [-0.3, -0.25) is 0 Å². The zero-order chi connectivity index (χ0) is 9.54. The maximum absolute atomic E-state index is 4.93. The van der Waals surface area contributed by atoms with Crippen LogP contribution in [0.2, 0.25) is 0 Å². The lowest BCUT2D eigenvalue weighted by Crippen LogP contribution is -1.75. The highest BCUT2D eigenvalue weighted by Crippen LogP contribution is 1.62. The Labute approximate surface area is 71.0 Å². The fraction of sp³-hybridized carbons (Fsp3) is 0.556. The van der Waals surface area contributed by atoms with Crippen LogP contribution in [0, 0.1) is 0 Å². The van der Waals surface area contributed by atoms with E-state index < -0.39 is 0 Å². The minimum Gasteiger partial charge on any atom is -0.405 e. The Balaban J connectivity index is -0.000000109. The third-order valence-electron chi connectivity index (χ3n) is 0.333. The molecule has 0 fully saturated rings. The van der Waals surface area contributed by atoms with Crippen LogP contribution in [0.3, 0.4) is 0 Å². The minimum atomic E-state index is 1.25. The molecule has 0 aromatic carbocycles. The van der Waals surface area contributed by atoms with Gasteiger partial charge in [-0.2, -0.15) is 0 Å². The van der Waals surface area contributed by atoms with E-state index in [1.54, 1.807) is 12.2 Å². The topological polar surface area (TPSA) is 52.0 Å². The summed E-state index contributed by atoms with van der Waals surface area (Å²) in [6.07, 6.45) is 7.40. The van der Waals surface area contributed by atoms with Gasteiger partial charge < -0.3 is 11.5 Å². The summed E-state index contributed by atoms with van der Waals surface area (Å²) in [6.45, 7) is 8.25. The summed E-state index contributed by atoms with van der Waals surface area (Å²) in [5.74, 6) is 0. The predicted molar refractivity (Wildman–Crippen MR) is 54.0 cm³/mol. The molecule has 0 spiro atoms. The van der Waals surface area contributed by atoms with Gasteiger partial charge in [-0.1, -0.05) is 34.1 Å². The van der Waals surface area contributed by atoms with Crippen LogP contribution >= 0.6 is 0 Å². The molecule has 0 radical (unpaired) electrons. The van der Waals surface area contributed by atoms with Crippen molar-refractivity contribution in [3.63, 3.8) is 0 Å². The molecule has 2 nitrogen and oxygen atoms in total. The van der Waals surface area contributed by atoms with E-state index in [2.05, 4.69) is 13.8 Å². The summed E-state index contributed by atoms with van der Waals surface area (Å²) < 4.78 is 0. The van der Waals surface area contributed by atoms with Gasteiger partial charge in [0.2, 0.25) is 0 Å². The van der Waals surface area contributed by atoms with Crippen LogP contribution in [-0.4, -0.2) is 0 Å². The molecule has 68 valence electrons. The van der Waals surface area contributed by atoms with Crippen molar-refractivity contribution >= 4 is 0 Å². The van der Waals surface area contributed by atoms with Gasteiger partial charge in [0.05, 0.1) is 0 Å². The monoisotopic (exact) mass is 158 g/mol. The van der Waals surface area contributed by atoms with Crippen LogP contribution in [0.1, 0.15) is 34.1 Å². The second-order valence-electron chi connectivity index (χ2n) is 1.48. The average molecular weight is 158 g/mol. The summed E-state index contributed by atoms with van der Waals surface area (Å²) in [5, 5.41) is 0. The van der Waals surface area contributed by atoms with Crippen molar-refractivity contribution < 1.29 is 0 Å². The molecule has 0 aromatic rings. The van der Waals surface area contributed by atoms with Crippen molar-refractivity contribution in [2.45, 2.75) is 34.1 Å². The molecule has 0 aliphatic carbocycles. The molecule has 0 atom stereocenters. The van der Waals surface area contributed by atoms with Gasteiger partial charge in [-0.25, -0.2) is 0 Å². The van der Waals surface area contributed by atoms with E-state index in [0.29, 0.717) is 0 Å². The van der Waals surface area contributed by atoms with Crippen LogP contribution < -0.4 is 11.5 Å². The van der Waals surface area contributed by atoms with Gasteiger partial charge in [-0.15, -0.1) is 0 Å². The second kappa shape index (κ2) is 35.6. The lowest BCUT2D eigenvalue weighted by Gasteiger charge is -1.64. The van der Waals surface area contributed by atoms with Gasteiger partial charge >= 0.3 is 0 Å². The van der Waals surface area contributed by atoms with Crippen molar-refractivity contribution in [1.82, 2.24) is 0 Å². The third-order valence-corrected chi connectivity index (χ3v) is 0.333. The SMILES string of the molecule is CC.CCC.N/C=C\C=C/N. The standard InChI is InChI=1S/C4H8N2.C3H8.C2H6/c5-3-1-2-4-6;1-3-2;1-2/h1-4H,5-6H2;3H2,1-2H3;1-2H3/b3-1-,4-2-;;. The predicted octanol–water partition coefficient (Wildman–Crippen LogP) is 2.37. The van der Waals surface area contributed by atoms with Gasteiger partial charge in [0.1, 0.15) is 0 Å². The lowest BCUT2D eigenvalue weighted by molar-refractivity contribution is 1.09. The normalized spacial score (nSPS) is 8.36. The maximum atomic E-state index is 4.93. The molecule has 0 saturated carbocycles. The van der Waals surface area contributed by atoms with E-state index in [9.17, 15) is 0 Å². The Morgan fingerprint density at radius 3 is 1.18 bits per heavy atom. The Kier molecular flexibility index (Phi) is 53.7. The fourth-order valence-electron chi connectivity index (χ4n) is 0.128. The van der Waals surface area contributed by atoms with Crippen LogP contribution in [-0.2, 0) is 0 Å². The molecule has 11 heavy (non-hydrogen) atoms. The van der Waals surface area contributed by atoms with Gasteiger partial charge in [0.25, 0.3) is 0 Å². The molecule has 0 unspecified atom stereocenters. The zero-order valence-electron chi connectivity index (χ0n) is 8.17. The van der Waals surface area contributed by atoms with E-state index in [0.717, 1.165) is 0 Å². The minimum absolute atomic E-state index is 1.25. The second-order valence-corrected chi connectivity index (χ2v) is 1.48. The number of rotatable bonds is 1. The smallest absolute Gasteiger partial charge is 0.00618 e. The molecule has 0 aromatic heterocycles. The Morgan fingerprint density at radius 2 is 1.09 bits per heavy atom. The van der Waals surface area contributed by atoms with E-state index in [1.807, 2.05) is 13.8 Å². The fourth-order valence-corrected chi connectivity index (χ4v) is 0.128. The zero-order valence-corrected chi connectivity index (χ0v) is 8.17. The molecule has 0 heterocycles. The number of hydrogen-bond donors (Lipinski definition) is 2. The van der Waals surface area contributed by atoms with Crippen LogP contribution in [0.15, 0.2) is 24.6 Å². The largest absolute Gasteiger partial charge is 0.405 e. The summed E-state index contributed by atoms with van der Waals surface area (Å²) in [4.78, 5) is 0. The van der Waals surface area contributed by atoms with E-state index in [1.165, 1.54) is 18.8 Å². The van der Waals surface area contributed by atoms with Crippen LogP contribution in [0.25, 0.3) is 0 Å². The summed E-state index contributed by atoms with van der Waals surface area (Å²) in [6, 6.07) is 0. The summed E-state index contributed by atoms with van der Waals surface area (Å²) >= 11 is 0. The first-order valence-corrected chi connectivity index (χ1v) is 4.08. The molecule has 4 N–H and O–H groups in total. The van der Waals surface area contributed by atoms with Crippen molar-refractivity contribution in [2.24, 2.45) is 11.5 Å². The van der Waals surface area contributed by atoms with Crippen molar-refractivity contribution in [3.8, 4) is 0 Å². The van der Waals surface area contributed by atoms with Gasteiger partial charge in [0.15, 0.2) is 0 Å². The van der Waals surface area contributed by atoms with Crippen molar-refractivity contribution in [1.29, 1.82) is 0 Å². The maximum Gasteiger partial charge on any atom is -0.00618 e. The first-order chi connectivity index (χ1) is 5.33. The highest BCUT2D eigenvalue weighted by atomic mass is 14.5. The lowest BCUT2D eigenvalue weighted by atomic mass is 10.6. The molecule has 0 bridgehead atoms. The number of allylic oxidation sites excluding steroid dienone is 2. The quantitative estimate of drug-likeness (QED) is 0.576. The molecular formula is C9H22N2. The first-order valence-electron chi connectivity index (χ1n) is 4.08. The third kappa shape index (κ3) is 105. The van der Waals surface area contributed by atoms with E-state index >= 15 is 0 Å². The summed E-state index contributed by atoms with van der Waals surface area (Å²) in [7, 11) is 0. The summed E-state index contributed by atoms with van der Waals surface area (Å²) in [5.41, 5.74) is 9.85. The van der Waals surface area contributed by atoms with Crippen LogP contribution in [0.4, 0.5) is 0 Å². The number of hydrogen-bond acceptors (Lipinski definition) is 2. The molecule has 0 aliphatic heterocycles. The molecule has 0 amide bonds. The molecular weight excluding hydrogens is 136 g/mol. The van der Waals surface area contributed by atoms with Crippen molar-refractivity contribution in [2.75, 3.05) is 0 Å². The van der Waals surface area contributed by atoms with Gasteiger partial charge in [-0.05, 0) is 24.6 Å². The molecule has 0 saturated heterocycles. The van der Waals surface area contributed by atoms with E-state index in [4.69, 9.17) is 11.5 Å². The molecule has 0 rings (SSSR count). The first kappa shape index (κ1) is 16.6.